The summed E-state index contributed by atoms with van der Waals surface area (Å²) >= 11 is 3.44. The molecule has 134 valence electrons. The standard InChI is InChI=1S/C19H19BrN4O2/c1-13-4-3-5-16(12-13)24-18(14-6-8-15(20)9-7-14)22-17(23-24)19(25)21-10-11-26-2/h3-9,12H,10-11H2,1-2H3,(H,21,25). The number of rotatable bonds is 6. The van der Waals surface area contributed by atoms with Crippen LogP contribution >= 0.6 is 15.9 Å². The maximum Gasteiger partial charge on any atom is 0.291 e. The van der Waals surface area contributed by atoms with Gasteiger partial charge in [-0.2, -0.15) is 0 Å². The summed E-state index contributed by atoms with van der Waals surface area (Å²) in [5.74, 6) is 0.410. The lowest BCUT2D eigenvalue weighted by molar-refractivity contribution is 0.0927. The van der Waals surface area contributed by atoms with E-state index in [9.17, 15) is 4.79 Å². The highest BCUT2D eigenvalue weighted by atomic mass is 79.9. The molecule has 1 amide bonds. The van der Waals surface area contributed by atoms with Crippen LogP contribution in [0.4, 0.5) is 0 Å². The molecular formula is C19H19BrN4O2. The highest BCUT2D eigenvalue weighted by molar-refractivity contribution is 9.10. The maximum absolute atomic E-state index is 12.4. The van der Waals surface area contributed by atoms with Crippen LogP contribution in [-0.2, 0) is 4.74 Å². The van der Waals surface area contributed by atoms with Gasteiger partial charge in [0.25, 0.3) is 5.91 Å². The van der Waals surface area contributed by atoms with Gasteiger partial charge in [0, 0.05) is 23.7 Å². The molecule has 7 heteroatoms. The van der Waals surface area contributed by atoms with E-state index in [2.05, 4.69) is 31.3 Å². The van der Waals surface area contributed by atoms with Gasteiger partial charge >= 0.3 is 0 Å². The van der Waals surface area contributed by atoms with Gasteiger partial charge in [-0.1, -0.05) is 40.2 Å². The first kappa shape index (κ1) is 18.3. The zero-order chi connectivity index (χ0) is 18.5. The third-order valence-electron chi connectivity index (χ3n) is 3.75. The topological polar surface area (TPSA) is 69.0 Å². The summed E-state index contributed by atoms with van der Waals surface area (Å²) in [5.41, 5.74) is 2.83. The molecule has 0 bridgehead atoms. The molecule has 3 rings (SSSR count). The minimum Gasteiger partial charge on any atom is -0.383 e. The van der Waals surface area contributed by atoms with Crippen molar-refractivity contribution in [2.24, 2.45) is 0 Å². The number of nitrogens with one attached hydrogen (secondary N) is 1. The molecular weight excluding hydrogens is 396 g/mol. The normalized spacial score (nSPS) is 10.7. The van der Waals surface area contributed by atoms with Crippen molar-refractivity contribution in [1.29, 1.82) is 0 Å². The Morgan fingerprint density at radius 1 is 1.23 bits per heavy atom. The van der Waals surface area contributed by atoms with Gasteiger partial charge in [-0.3, -0.25) is 4.79 Å². The number of carbonyl (C=O) groups is 1. The van der Waals surface area contributed by atoms with Crippen LogP contribution in [0.3, 0.4) is 0 Å². The first-order chi connectivity index (χ1) is 12.6. The molecule has 0 aliphatic carbocycles. The van der Waals surface area contributed by atoms with E-state index < -0.39 is 0 Å². The molecule has 0 fully saturated rings. The lowest BCUT2D eigenvalue weighted by Crippen LogP contribution is -2.28. The SMILES string of the molecule is COCCNC(=O)c1nc(-c2ccc(Br)cc2)n(-c2cccc(C)c2)n1. The molecule has 0 radical (unpaired) electrons. The summed E-state index contributed by atoms with van der Waals surface area (Å²) in [7, 11) is 1.59. The molecule has 0 atom stereocenters. The van der Waals surface area contributed by atoms with E-state index in [1.165, 1.54) is 0 Å². The Bertz CT molecular complexity index is 906. The van der Waals surface area contributed by atoms with Gasteiger partial charge in [0.05, 0.1) is 12.3 Å². The van der Waals surface area contributed by atoms with Gasteiger partial charge in [0.2, 0.25) is 5.82 Å². The molecule has 3 aromatic rings. The van der Waals surface area contributed by atoms with Crippen molar-refractivity contribution in [2.75, 3.05) is 20.3 Å². The Morgan fingerprint density at radius 3 is 2.69 bits per heavy atom. The molecule has 2 aromatic carbocycles. The summed E-state index contributed by atoms with van der Waals surface area (Å²) in [6.45, 7) is 2.85. The number of hydrogen-bond donors (Lipinski definition) is 1. The van der Waals surface area contributed by atoms with Crippen LogP contribution in [0.1, 0.15) is 16.2 Å². The molecule has 0 saturated carbocycles. The van der Waals surface area contributed by atoms with Crippen LogP contribution in [0, 0.1) is 6.92 Å². The summed E-state index contributed by atoms with van der Waals surface area (Å²) in [6.07, 6.45) is 0. The van der Waals surface area contributed by atoms with E-state index in [1.54, 1.807) is 11.8 Å². The monoisotopic (exact) mass is 414 g/mol. The average molecular weight is 415 g/mol. The number of amides is 1. The summed E-state index contributed by atoms with van der Waals surface area (Å²) in [5, 5.41) is 7.19. The average Bonchev–Trinajstić information content (AvgIpc) is 3.08. The first-order valence-electron chi connectivity index (χ1n) is 8.15. The molecule has 0 spiro atoms. The fraction of sp³-hybridized carbons (Fsp3) is 0.211. The Morgan fingerprint density at radius 2 is 2.00 bits per heavy atom. The van der Waals surface area contributed by atoms with Gasteiger partial charge in [0.15, 0.2) is 5.82 Å². The van der Waals surface area contributed by atoms with E-state index in [-0.39, 0.29) is 11.7 Å². The number of benzene rings is 2. The van der Waals surface area contributed by atoms with Crippen LogP contribution in [0.2, 0.25) is 0 Å². The van der Waals surface area contributed by atoms with Crippen molar-refractivity contribution < 1.29 is 9.53 Å². The van der Waals surface area contributed by atoms with Crippen molar-refractivity contribution >= 4 is 21.8 Å². The van der Waals surface area contributed by atoms with Crippen molar-refractivity contribution in [2.45, 2.75) is 6.92 Å². The highest BCUT2D eigenvalue weighted by Crippen LogP contribution is 2.23. The first-order valence-corrected chi connectivity index (χ1v) is 8.95. The molecule has 0 aliphatic rings. The second kappa shape index (κ2) is 8.25. The molecule has 6 nitrogen and oxygen atoms in total. The maximum atomic E-state index is 12.4. The molecule has 0 aliphatic heterocycles. The zero-order valence-corrected chi connectivity index (χ0v) is 16.2. The number of aryl methyl sites for hydroxylation is 1. The van der Waals surface area contributed by atoms with E-state index in [0.29, 0.717) is 19.0 Å². The number of nitrogens with zero attached hydrogens (tertiary/aromatic N) is 3. The van der Waals surface area contributed by atoms with Crippen molar-refractivity contribution in [1.82, 2.24) is 20.1 Å². The van der Waals surface area contributed by atoms with Crippen LogP contribution < -0.4 is 5.32 Å². The number of methoxy groups -OCH3 is 1. The van der Waals surface area contributed by atoms with E-state index in [4.69, 9.17) is 4.74 Å². The van der Waals surface area contributed by atoms with Gasteiger partial charge in [-0.05, 0) is 36.8 Å². The molecule has 1 aromatic heterocycles. The quantitative estimate of drug-likeness (QED) is 0.627. The van der Waals surface area contributed by atoms with Gasteiger partial charge in [0.1, 0.15) is 0 Å². The van der Waals surface area contributed by atoms with Crippen molar-refractivity contribution in [3.63, 3.8) is 0 Å². The number of carbonyl (C=O) groups excluding carboxylic acids is 1. The Balaban J connectivity index is 2.03. The minimum absolute atomic E-state index is 0.125. The Labute approximate surface area is 160 Å². The minimum atomic E-state index is -0.327. The smallest absolute Gasteiger partial charge is 0.291 e. The third kappa shape index (κ3) is 4.17. The third-order valence-corrected chi connectivity index (χ3v) is 4.28. The second-order valence-electron chi connectivity index (χ2n) is 5.77. The lowest BCUT2D eigenvalue weighted by atomic mass is 10.2. The fourth-order valence-corrected chi connectivity index (χ4v) is 2.74. The Hall–Kier alpha value is -2.51. The van der Waals surface area contributed by atoms with Crippen LogP contribution in [0.25, 0.3) is 17.1 Å². The zero-order valence-electron chi connectivity index (χ0n) is 14.6. The van der Waals surface area contributed by atoms with Gasteiger partial charge in [-0.25, -0.2) is 9.67 Å². The van der Waals surface area contributed by atoms with Crippen LogP contribution in [-0.4, -0.2) is 40.9 Å². The predicted molar refractivity (Wildman–Crippen MR) is 103 cm³/mol. The molecule has 0 unspecified atom stereocenters. The van der Waals surface area contributed by atoms with E-state index >= 15 is 0 Å². The summed E-state index contributed by atoms with van der Waals surface area (Å²) < 4.78 is 7.62. The van der Waals surface area contributed by atoms with Crippen molar-refractivity contribution in [3.8, 4) is 17.1 Å². The number of aromatic nitrogens is 3. The second-order valence-corrected chi connectivity index (χ2v) is 6.68. The number of hydrogen-bond acceptors (Lipinski definition) is 4. The molecule has 1 N–H and O–H groups in total. The van der Waals surface area contributed by atoms with Gasteiger partial charge in [-0.15, -0.1) is 5.10 Å². The fourth-order valence-electron chi connectivity index (χ4n) is 2.48. The number of halogens is 1. The van der Waals surface area contributed by atoms with E-state index in [0.717, 1.165) is 21.3 Å². The summed E-state index contributed by atoms with van der Waals surface area (Å²) in [4.78, 5) is 16.8. The Kier molecular flexibility index (Phi) is 5.80. The van der Waals surface area contributed by atoms with E-state index in [1.807, 2.05) is 55.5 Å². The molecule has 0 saturated heterocycles. The highest BCUT2D eigenvalue weighted by Gasteiger charge is 2.18. The van der Waals surface area contributed by atoms with Crippen LogP contribution in [0.15, 0.2) is 53.0 Å². The predicted octanol–water partition coefficient (Wildman–Crippen LogP) is 3.38. The largest absolute Gasteiger partial charge is 0.383 e. The molecule has 1 heterocycles. The summed E-state index contributed by atoms with van der Waals surface area (Å²) in [6, 6.07) is 15.7. The molecule has 26 heavy (non-hydrogen) atoms. The lowest BCUT2D eigenvalue weighted by Gasteiger charge is -2.07. The van der Waals surface area contributed by atoms with Crippen molar-refractivity contribution in [3.05, 3.63) is 64.4 Å². The number of ether oxygens (including phenoxy) is 1. The van der Waals surface area contributed by atoms with Gasteiger partial charge < -0.3 is 10.1 Å². The van der Waals surface area contributed by atoms with Crippen LogP contribution in [0.5, 0.6) is 0 Å².